The van der Waals surface area contributed by atoms with Gasteiger partial charge in [-0.05, 0) is 55.1 Å². The Morgan fingerprint density at radius 2 is 1.76 bits per heavy atom. The predicted octanol–water partition coefficient (Wildman–Crippen LogP) is 4.78. The molecule has 176 valence electrons. The van der Waals surface area contributed by atoms with E-state index in [4.69, 9.17) is 4.74 Å². The first-order valence-electron chi connectivity index (χ1n) is 12.3. The van der Waals surface area contributed by atoms with Gasteiger partial charge in [0.2, 0.25) is 0 Å². The van der Waals surface area contributed by atoms with Crippen molar-refractivity contribution in [3.8, 4) is 11.1 Å². The lowest BCUT2D eigenvalue weighted by Gasteiger charge is -2.57. The number of pyridine rings is 1. The molecule has 0 bridgehead atoms. The second-order valence-electron chi connectivity index (χ2n) is 9.54. The highest BCUT2D eigenvalue weighted by atomic mass is 16.5. The minimum Gasteiger partial charge on any atom is -0.383 e. The van der Waals surface area contributed by atoms with Crippen LogP contribution in [-0.4, -0.2) is 66.1 Å². The van der Waals surface area contributed by atoms with E-state index in [0.717, 1.165) is 32.5 Å². The van der Waals surface area contributed by atoms with Crippen LogP contribution in [0, 0.1) is 6.92 Å². The number of aromatic nitrogens is 1. The summed E-state index contributed by atoms with van der Waals surface area (Å²) in [7, 11) is 1.79. The van der Waals surface area contributed by atoms with E-state index in [1.165, 1.54) is 22.3 Å². The first-order valence-corrected chi connectivity index (χ1v) is 12.3. The summed E-state index contributed by atoms with van der Waals surface area (Å²) in [5.41, 5.74) is 5.80. The number of carbonyl (C=O) groups is 1. The highest BCUT2D eigenvalue weighted by Crippen LogP contribution is 2.42. The number of fused-ring (bicyclic) bond motifs is 1. The molecule has 2 saturated heterocycles. The van der Waals surface area contributed by atoms with Crippen molar-refractivity contribution in [2.75, 3.05) is 33.4 Å². The molecule has 2 fully saturated rings. The smallest absolute Gasteiger partial charge is 0.254 e. The molecule has 0 saturated carbocycles. The molecule has 5 nitrogen and oxygen atoms in total. The van der Waals surface area contributed by atoms with Gasteiger partial charge in [0.15, 0.2) is 0 Å². The van der Waals surface area contributed by atoms with Crippen molar-refractivity contribution in [1.29, 1.82) is 0 Å². The van der Waals surface area contributed by atoms with E-state index in [1.54, 1.807) is 19.5 Å². The molecule has 0 aliphatic carbocycles. The van der Waals surface area contributed by atoms with Gasteiger partial charge in [0.25, 0.3) is 5.91 Å². The summed E-state index contributed by atoms with van der Waals surface area (Å²) < 4.78 is 5.64. The van der Waals surface area contributed by atoms with Gasteiger partial charge in [0, 0.05) is 56.2 Å². The number of rotatable bonds is 5. The number of benzene rings is 2. The molecule has 3 heterocycles. The summed E-state index contributed by atoms with van der Waals surface area (Å²) in [5, 5.41) is 0. The maximum atomic E-state index is 13.3. The van der Waals surface area contributed by atoms with Crippen LogP contribution in [0.3, 0.4) is 0 Å². The normalized spacial score (nSPS) is 22.9. The topological polar surface area (TPSA) is 45.7 Å². The van der Waals surface area contributed by atoms with Crippen molar-refractivity contribution >= 4 is 5.91 Å². The van der Waals surface area contributed by atoms with Crippen LogP contribution >= 0.6 is 0 Å². The Morgan fingerprint density at radius 3 is 2.50 bits per heavy atom. The summed E-state index contributed by atoms with van der Waals surface area (Å²) in [6, 6.07) is 21.9. The zero-order valence-corrected chi connectivity index (χ0v) is 20.1. The summed E-state index contributed by atoms with van der Waals surface area (Å²) in [6.45, 7) is 5.45. The van der Waals surface area contributed by atoms with E-state index < -0.39 is 0 Å². The van der Waals surface area contributed by atoms with Crippen LogP contribution in [-0.2, 0) is 4.74 Å². The van der Waals surface area contributed by atoms with E-state index in [9.17, 15) is 4.79 Å². The molecule has 0 N–H and O–H groups in total. The van der Waals surface area contributed by atoms with Crippen LogP contribution in [0.1, 0.15) is 40.2 Å². The largest absolute Gasteiger partial charge is 0.383 e. The van der Waals surface area contributed by atoms with Crippen LogP contribution in [0.25, 0.3) is 11.1 Å². The monoisotopic (exact) mass is 455 g/mol. The fourth-order valence-corrected chi connectivity index (χ4v) is 5.68. The quantitative estimate of drug-likeness (QED) is 0.556. The van der Waals surface area contributed by atoms with Gasteiger partial charge in [-0.25, -0.2) is 0 Å². The third-order valence-corrected chi connectivity index (χ3v) is 7.38. The Bertz CT molecular complexity index is 1120. The van der Waals surface area contributed by atoms with Crippen molar-refractivity contribution in [2.24, 2.45) is 0 Å². The number of methoxy groups -OCH3 is 1. The number of nitrogens with zero attached hydrogens (tertiary/aromatic N) is 3. The molecular weight excluding hydrogens is 422 g/mol. The van der Waals surface area contributed by atoms with E-state index in [2.05, 4.69) is 65.3 Å². The molecule has 2 aliphatic heterocycles. The average molecular weight is 456 g/mol. The standard InChI is InChI=1S/C29H33N3O2/c1-21-6-5-7-25(18-21)22-8-10-23(11-9-22)28-26-19-31(29(33)24-12-14-30-15-13-24)16-3-4-17-32(26)27(28)20-34-2/h5-15,18,26-28H,3-4,16-17,19-20H2,1-2H3/t26-,27+,28-/m0/s1. The van der Waals surface area contributed by atoms with Gasteiger partial charge in [-0.1, -0.05) is 54.1 Å². The number of hydrogen-bond acceptors (Lipinski definition) is 4. The van der Waals surface area contributed by atoms with Crippen LogP contribution in [0.15, 0.2) is 73.1 Å². The second kappa shape index (κ2) is 10.1. The Kier molecular flexibility index (Phi) is 6.75. The summed E-state index contributed by atoms with van der Waals surface area (Å²) in [5.74, 6) is 0.449. The van der Waals surface area contributed by atoms with Crippen LogP contribution in [0.2, 0.25) is 0 Å². The predicted molar refractivity (Wildman–Crippen MR) is 135 cm³/mol. The molecule has 2 aliphatic rings. The Hall–Kier alpha value is -3.02. The summed E-state index contributed by atoms with van der Waals surface area (Å²) in [4.78, 5) is 22.0. The summed E-state index contributed by atoms with van der Waals surface area (Å²) >= 11 is 0. The lowest BCUT2D eigenvalue weighted by molar-refractivity contribution is -0.0680. The molecule has 2 aromatic carbocycles. The number of hydrogen-bond donors (Lipinski definition) is 0. The SMILES string of the molecule is COC[C@@H]1[C@@H](c2ccc(-c3cccc(C)c3)cc2)[C@@H]2CN(C(=O)c3ccncc3)CCCCN12. The fraction of sp³-hybridized carbons (Fsp3) is 0.379. The van der Waals surface area contributed by atoms with Crippen molar-refractivity contribution in [2.45, 2.75) is 37.8 Å². The van der Waals surface area contributed by atoms with E-state index in [-0.39, 0.29) is 5.91 Å². The first-order chi connectivity index (χ1) is 16.7. The number of carbonyl (C=O) groups excluding carboxylic acids is 1. The van der Waals surface area contributed by atoms with Crippen molar-refractivity contribution in [1.82, 2.24) is 14.8 Å². The van der Waals surface area contributed by atoms with Crippen LogP contribution in [0.5, 0.6) is 0 Å². The molecule has 1 aromatic heterocycles. The maximum absolute atomic E-state index is 13.3. The van der Waals surface area contributed by atoms with Gasteiger partial charge in [-0.2, -0.15) is 0 Å². The zero-order valence-electron chi connectivity index (χ0n) is 20.1. The highest BCUT2D eigenvalue weighted by molar-refractivity contribution is 5.94. The molecular formula is C29H33N3O2. The molecule has 3 aromatic rings. The number of aryl methyl sites for hydroxylation is 1. The van der Waals surface area contributed by atoms with Crippen LogP contribution in [0.4, 0.5) is 0 Å². The number of amides is 1. The van der Waals surface area contributed by atoms with E-state index in [0.29, 0.717) is 30.2 Å². The Labute approximate surface area is 202 Å². The molecule has 1 amide bonds. The minimum atomic E-state index is 0.105. The molecule has 0 unspecified atom stereocenters. The molecule has 3 atom stereocenters. The minimum absolute atomic E-state index is 0.105. The van der Waals surface area contributed by atoms with Crippen molar-refractivity contribution in [3.05, 3.63) is 89.7 Å². The third-order valence-electron chi connectivity index (χ3n) is 7.38. The van der Waals surface area contributed by atoms with Gasteiger partial charge >= 0.3 is 0 Å². The van der Waals surface area contributed by atoms with Crippen molar-refractivity contribution in [3.63, 3.8) is 0 Å². The van der Waals surface area contributed by atoms with E-state index >= 15 is 0 Å². The third kappa shape index (κ3) is 4.50. The zero-order chi connectivity index (χ0) is 23.5. The van der Waals surface area contributed by atoms with Gasteiger partial charge in [-0.3, -0.25) is 14.7 Å². The van der Waals surface area contributed by atoms with Gasteiger partial charge in [0.1, 0.15) is 0 Å². The molecule has 34 heavy (non-hydrogen) atoms. The Balaban J connectivity index is 1.40. The second-order valence-corrected chi connectivity index (χ2v) is 9.54. The average Bonchev–Trinajstić information content (AvgIpc) is 2.85. The fourth-order valence-electron chi connectivity index (χ4n) is 5.68. The lowest BCUT2D eigenvalue weighted by Crippen LogP contribution is -2.68. The van der Waals surface area contributed by atoms with E-state index in [1.807, 2.05) is 17.0 Å². The number of ether oxygens (including phenoxy) is 1. The van der Waals surface area contributed by atoms with Gasteiger partial charge in [0.05, 0.1) is 6.61 Å². The highest BCUT2D eigenvalue weighted by Gasteiger charge is 2.49. The first kappa shape index (κ1) is 22.8. The summed E-state index contributed by atoms with van der Waals surface area (Å²) in [6.07, 6.45) is 5.51. The molecule has 5 heteroatoms. The van der Waals surface area contributed by atoms with Crippen LogP contribution < -0.4 is 0 Å². The maximum Gasteiger partial charge on any atom is 0.254 e. The van der Waals surface area contributed by atoms with Gasteiger partial charge in [-0.15, -0.1) is 0 Å². The molecule has 5 rings (SSSR count). The Morgan fingerprint density at radius 1 is 1.00 bits per heavy atom. The lowest BCUT2D eigenvalue weighted by atomic mass is 9.74. The molecule has 0 spiro atoms. The van der Waals surface area contributed by atoms with Gasteiger partial charge < -0.3 is 9.64 Å². The molecule has 0 radical (unpaired) electrons. The van der Waals surface area contributed by atoms with Crippen molar-refractivity contribution < 1.29 is 9.53 Å².